The predicted molar refractivity (Wildman–Crippen MR) is 112 cm³/mol. The van der Waals surface area contributed by atoms with Gasteiger partial charge in [0, 0.05) is 25.6 Å². The highest BCUT2D eigenvalue weighted by Gasteiger charge is 2.18. The Labute approximate surface area is 172 Å². The van der Waals surface area contributed by atoms with Gasteiger partial charge in [0.2, 0.25) is 5.91 Å². The van der Waals surface area contributed by atoms with E-state index in [1.54, 1.807) is 7.11 Å². The molecule has 9 heteroatoms. The lowest BCUT2D eigenvalue weighted by molar-refractivity contribution is -0.124. The number of nitrogens with zero attached hydrogens (tertiary/aromatic N) is 2. The van der Waals surface area contributed by atoms with Crippen molar-refractivity contribution < 1.29 is 19.1 Å². The minimum atomic E-state index is -0.212. The second kappa shape index (κ2) is 9.53. The molecule has 3 aromatic rings. The molecule has 0 aliphatic rings. The van der Waals surface area contributed by atoms with Crippen molar-refractivity contribution in [1.29, 1.82) is 0 Å². The van der Waals surface area contributed by atoms with Crippen LogP contribution in [0.5, 0.6) is 5.75 Å². The Hall–Kier alpha value is -2.91. The van der Waals surface area contributed by atoms with Gasteiger partial charge in [0.05, 0.1) is 23.4 Å². The third-order valence-corrected chi connectivity index (χ3v) is 5.43. The molecule has 29 heavy (non-hydrogen) atoms. The molecule has 154 valence electrons. The number of aromatic nitrogens is 2. The number of aryl methyl sites for hydroxylation is 1. The van der Waals surface area contributed by atoms with Gasteiger partial charge in [-0.3, -0.25) is 9.59 Å². The van der Waals surface area contributed by atoms with Crippen LogP contribution in [-0.4, -0.2) is 55.5 Å². The van der Waals surface area contributed by atoms with Crippen LogP contribution >= 0.6 is 11.3 Å². The number of hydrogen-bond acceptors (Lipinski definition) is 6. The first-order valence-electron chi connectivity index (χ1n) is 9.27. The van der Waals surface area contributed by atoms with E-state index in [4.69, 9.17) is 14.6 Å². The number of hydrogen-bond donors (Lipinski definition) is 2. The molecule has 0 aliphatic carbocycles. The summed E-state index contributed by atoms with van der Waals surface area (Å²) in [6.07, 6.45) is 0.767. The quantitative estimate of drug-likeness (QED) is 0.521. The van der Waals surface area contributed by atoms with Crippen molar-refractivity contribution in [1.82, 2.24) is 20.4 Å². The van der Waals surface area contributed by atoms with E-state index < -0.39 is 0 Å². The van der Waals surface area contributed by atoms with Crippen LogP contribution in [-0.2, 0) is 16.0 Å². The lowest BCUT2D eigenvalue weighted by atomic mass is 10.2. The van der Waals surface area contributed by atoms with E-state index in [1.807, 2.05) is 41.9 Å². The van der Waals surface area contributed by atoms with E-state index in [2.05, 4.69) is 10.6 Å². The zero-order valence-corrected chi connectivity index (χ0v) is 17.5. The van der Waals surface area contributed by atoms with Crippen LogP contribution in [0.15, 0.2) is 30.3 Å². The van der Waals surface area contributed by atoms with E-state index in [-0.39, 0.29) is 18.4 Å². The van der Waals surface area contributed by atoms with Crippen molar-refractivity contribution in [2.24, 2.45) is 0 Å². The number of methoxy groups -OCH3 is 2. The lowest BCUT2D eigenvalue weighted by Crippen LogP contribution is -2.35. The maximum atomic E-state index is 12.5. The Balaban J connectivity index is 1.75. The normalized spacial score (nSPS) is 10.9. The van der Waals surface area contributed by atoms with Crippen molar-refractivity contribution in [3.05, 3.63) is 40.9 Å². The predicted octanol–water partition coefficient (Wildman–Crippen LogP) is 2.15. The first-order chi connectivity index (χ1) is 14.1. The average molecular weight is 417 g/mol. The van der Waals surface area contributed by atoms with E-state index in [0.29, 0.717) is 18.0 Å². The van der Waals surface area contributed by atoms with Crippen LogP contribution in [0, 0.1) is 0 Å². The number of amides is 2. The van der Waals surface area contributed by atoms with Gasteiger partial charge in [-0.25, -0.2) is 4.68 Å². The highest BCUT2D eigenvalue weighted by atomic mass is 32.1. The number of carbonyl (C=O) groups is 2. The van der Waals surface area contributed by atoms with Crippen molar-refractivity contribution in [2.45, 2.75) is 13.3 Å². The van der Waals surface area contributed by atoms with E-state index in [1.165, 1.54) is 18.4 Å². The number of carbonyl (C=O) groups excluding carboxylic acids is 2. The fraction of sp³-hybridized carbons (Fsp3) is 0.350. The number of ether oxygens (including phenoxy) is 2. The van der Waals surface area contributed by atoms with Gasteiger partial charge in [0.15, 0.2) is 0 Å². The fourth-order valence-corrected chi connectivity index (χ4v) is 3.95. The monoisotopic (exact) mass is 416 g/mol. The lowest BCUT2D eigenvalue weighted by Gasteiger charge is -2.06. The Bertz CT molecular complexity index is 994. The molecule has 0 spiro atoms. The van der Waals surface area contributed by atoms with E-state index in [9.17, 15) is 9.59 Å². The van der Waals surface area contributed by atoms with Gasteiger partial charge in [-0.1, -0.05) is 6.92 Å². The van der Waals surface area contributed by atoms with Gasteiger partial charge >= 0.3 is 0 Å². The standard InChI is InChI=1S/C20H24N4O4S/c1-4-16-15-11-17(19(26)22-10-9-21-18(25)12-27-2)29-20(15)24(23-16)13-5-7-14(28-3)8-6-13/h5-8,11H,4,9-10,12H2,1-3H3,(H,21,25)(H,22,26). The fourth-order valence-electron chi connectivity index (χ4n) is 2.88. The smallest absolute Gasteiger partial charge is 0.261 e. The topological polar surface area (TPSA) is 94.5 Å². The Kier molecular flexibility index (Phi) is 6.84. The number of benzene rings is 1. The molecule has 0 aliphatic heterocycles. The molecule has 2 aromatic heterocycles. The Morgan fingerprint density at radius 1 is 1.14 bits per heavy atom. The molecule has 8 nitrogen and oxygen atoms in total. The van der Waals surface area contributed by atoms with Crippen LogP contribution in [0.4, 0.5) is 0 Å². The third kappa shape index (κ3) is 4.75. The third-order valence-electron chi connectivity index (χ3n) is 4.32. The minimum Gasteiger partial charge on any atom is -0.497 e. The van der Waals surface area contributed by atoms with Crippen molar-refractivity contribution in [3.63, 3.8) is 0 Å². The molecule has 0 fully saturated rings. The summed E-state index contributed by atoms with van der Waals surface area (Å²) in [6.45, 7) is 2.73. The van der Waals surface area contributed by atoms with Gasteiger partial charge in [0.1, 0.15) is 17.2 Å². The summed E-state index contributed by atoms with van der Waals surface area (Å²) in [7, 11) is 3.09. The molecule has 2 heterocycles. The number of fused-ring (bicyclic) bond motifs is 1. The highest BCUT2D eigenvalue weighted by molar-refractivity contribution is 7.20. The molecule has 0 bridgehead atoms. The molecule has 1 aromatic carbocycles. The first kappa shape index (κ1) is 20.8. The minimum absolute atomic E-state index is 0.00587. The SMILES string of the molecule is CCc1nn(-c2ccc(OC)cc2)c2sc(C(=O)NCCNC(=O)COC)cc12. The number of nitrogens with one attached hydrogen (secondary N) is 2. The first-order valence-corrected chi connectivity index (χ1v) is 10.1. The molecule has 2 amide bonds. The number of rotatable bonds is 9. The van der Waals surface area contributed by atoms with Gasteiger partial charge < -0.3 is 20.1 Å². The zero-order valence-electron chi connectivity index (χ0n) is 16.7. The Morgan fingerprint density at radius 2 is 1.86 bits per heavy atom. The van der Waals surface area contributed by atoms with Crippen molar-refractivity contribution in [3.8, 4) is 11.4 Å². The molecule has 0 unspecified atom stereocenters. The summed E-state index contributed by atoms with van der Waals surface area (Å²) in [5, 5.41) is 11.2. The maximum Gasteiger partial charge on any atom is 0.261 e. The zero-order chi connectivity index (χ0) is 20.8. The van der Waals surface area contributed by atoms with Crippen LogP contribution < -0.4 is 15.4 Å². The summed E-state index contributed by atoms with van der Waals surface area (Å²) >= 11 is 1.40. The molecule has 0 radical (unpaired) electrons. The molecular formula is C20H24N4O4S. The summed E-state index contributed by atoms with van der Waals surface area (Å²) in [5.41, 5.74) is 1.85. The van der Waals surface area contributed by atoms with Gasteiger partial charge in [-0.2, -0.15) is 5.10 Å². The van der Waals surface area contributed by atoms with Crippen LogP contribution in [0.3, 0.4) is 0 Å². The highest BCUT2D eigenvalue weighted by Crippen LogP contribution is 2.31. The van der Waals surface area contributed by atoms with Gasteiger partial charge in [0.25, 0.3) is 5.91 Å². The van der Waals surface area contributed by atoms with Crippen molar-refractivity contribution >= 4 is 33.4 Å². The van der Waals surface area contributed by atoms with E-state index >= 15 is 0 Å². The number of thiophene rings is 1. The summed E-state index contributed by atoms with van der Waals surface area (Å²) in [4.78, 5) is 25.4. The van der Waals surface area contributed by atoms with Gasteiger partial charge in [-0.05, 0) is 36.8 Å². The second-order valence-electron chi connectivity index (χ2n) is 6.28. The van der Waals surface area contributed by atoms with Crippen LogP contribution in [0.2, 0.25) is 0 Å². The summed E-state index contributed by atoms with van der Waals surface area (Å²) in [6, 6.07) is 9.52. The molecular weight excluding hydrogens is 392 g/mol. The van der Waals surface area contributed by atoms with Crippen molar-refractivity contribution in [2.75, 3.05) is 33.9 Å². The van der Waals surface area contributed by atoms with Gasteiger partial charge in [-0.15, -0.1) is 11.3 Å². The van der Waals surface area contributed by atoms with Crippen LogP contribution in [0.25, 0.3) is 15.9 Å². The molecule has 3 rings (SSSR count). The summed E-state index contributed by atoms with van der Waals surface area (Å²) < 4.78 is 11.8. The molecule has 0 saturated carbocycles. The Morgan fingerprint density at radius 3 is 2.52 bits per heavy atom. The molecule has 0 atom stereocenters. The largest absolute Gasteiger partial charge is 0.497 e. The second-order valence-corrected chi connectivity index (χ2v) is 7.31. The van der Waals surface area contributed by atoms with E-state index in [0.717, 1.165) is 33.8 Å². The summed E-state index contributed by atoms with van der Waals surface area (Å²) in [5.74, 6) is 0.392. The van der Waals surface area contributed by atoms with Crippen LogP contribution in [0.1, 0.15) is 22.3 Å². The molecule has 2 N–H and O–H groups in total. The maximum absolute atomic E-state index is 12.5. The average Bonchev–Trinajstić information content (AvgIpc) is 3.31. The molecule has 0 saturated heterocycles.